The predicted octanol–water partition coefficient (Wildman–Crippen LogP) is 4.31. The molecule has 0 unspecified atom stereocenters. The number of anilines is 1. The summed E-state index contributed by atoms with van der Waals surface area (Å²) in [6.07, 6.45) is 0. The third-order valence-electron chi connectivity index (χ3n) is 2.32. The molecule has 3 nitrogen and oxygen atoms in total. The molecule has 6 heteroatoms. The van der Waals surface area contributed by atoms with Crippen LogP contribution >= 0.6 is 38.6 Å². The van der Waals surface area contributed by atoms with Crippen LogP contribution in [0.2, 0.25) is 0 Å². The Balaban J connectivity index is 2.36. The van der Waals surface area contributed by atoms with Gasteiger partial charge in [-0.25, -0.2) is 4.79 Å². The number of carbonyl (C=O) groups is 1. The van der Waals surface area contributed by atoms with Gasteiger partial charge in [0.25, 0.3) is 0 Å². The molecule has 0 spiro atoms. The van der Waals surface area contributed by atoms with Gasteiger partial charge in [-0.2, -0.15) is 0 Å². The van der Waals surface area contributed by atoms with Crippen LogP contribution in [0.1, 0.15) is 22.2 Å². The lowest BCUT2D eigenvalue weighted by Crippen LogP contribution is -2.04. The molecule has 2 N–H and O–H groups in total. The molecule has 0 aromatic carbocycles. The number of esters is 1. The van der Waals surface area contributed by atoms with Gasteiger partial charge in [-0.3, -0.25) is 0 Å². The highest BCUT2D eigenvalue weighted by Gasteiger charge is 2.17. The van der Waals surface area contributed by atoms with E-state index in [9.17, 15) is 4.79 Å². The second-order valence-electron chi connectivity index (χ2n) is 3.68. The van der Waals surface area contributed by atoms with Gasteiger partial charge in [-0.15, -0.1) is 22.7 Å². The second kappa shape index (κ2) is 5.42. The first-order valence-corrected chi connectivity index (χ1v) is 7.78. The van der Waals surface area contributed by atoms with E-state index in [1.165, 1.54) is 16.9 Å². The zero-order valence-electron chi connectivity index (χ0n) is 9.95. The molecule has 0 saturated carbocycles. The maximum Gasteiger partial charge on any atom is 0.350 e. The fourth-order valence-electron chi connectivity index (χ4n) is 1.46. The maximum atomic E-state index is 11.7. The molecule has 0 aliphatic carbocycles. The number of hydrogen-bond acceptors (Lipinski definition) is 5. The fraction of sp³-hybridized carbons (Fsp3) is 0.250. The summed E-state index contributed by atoms with van der Waals surface area (Å²) in [4.78, 5) is 14.3. The van der Waals surface area contributed by atoms with Crippen molar-refractivity contribution in [2.45, 2.75) is 13.8 Å². The summed E-state index contributed by atoms with van der Waals surface area (Å²) in [5.41, 5.74) is 7.52. The summed E-state index contributed by atoms with van der Waals surface area (Å²) in [5, 5.41) is 0. The molecule has 2 aromatic rings. The van der Waals surface area contributed by atoms with Crippen molar-refractivity contribution in [1.29, 1.82) is 0 Å². The van der Waals surface area contributed by atoms with Crippen molar-refractivity contribution in [2.24, 2.45) is 0 Å². The lowest BCUT2D eigenvalue weighted by Gasteiger charge is -1.98. The van der Waals surface area contributed by atoms with Crippen LogP contribution in [0.3, 0.4) is 0 Å². The quantitative estimate of drug-likeness (QED) is 0.843. The molecule has 0 radical (unpaired) electrons. The first kappa shape index (κ1) is 13.6. The van der Waals surface area contributed by atoms with Crippen molar-refractivity contribution >= 4 is 50.3 Å². The summed E-state index contributed by atoms with van der Waals surface area (Å²) < 4.78 is 6.07. The van der Waals surface area contributed by atoms with Crippen molar-refractivity contribution in [1.82, 2.24) is 0 Å². The molecular formula is C12H12BrNO2S2. The number of halogens is 1. The Morgan fingerprint density at radius 3 is 2.61 bits per heavy atom. The molecule has 2 aromatic heterocycles. The van der Waals surface area contributed by atoms with Gasteiger partial charge in [0, 0.05) is 9.75 Å². The van der Waals surface area contributed by atoms with Crippen molar-refractivity contribution in [3.8, 4) is 9.75 Å². The van der Waals surface area contributed by atoms with Gasteiger partial charge in [-0.1, -0.05) is 0 Å². The predicted molar refractivity (Wildman–Crippen MR) is 80.4 cm³/mol. The average Bonchev–Trinajstić information content (AvgIpc) is 2.84. The summed E-state index contributed by atoms with van der Waals surface area (Å²) in [7, 11) is 0. The third-order valence-corrected chi connectivity index (χ3v) is 5.78. The molecule has 0 saturated heterocycles. The fourth-order valence-corrected chi connectivity index (χ4v) is 4.04. The normalized spacial score (nSPS) is 10.6. The van der Waals surface area contributed by atoms with Crippen LogP contribution in [0.25, 0.3) is 9.75 Å². The van der Waals surface area contributed by atoms with Crippen molar-refractivity contribution < 1.29 is 9.53 Å². The largest absolute Gasteiger partial charge is 0.462 e. The number of hydrogen-bond donors (Lipinski definition) is 1. The van der Waals surface area contributed by atoms with E-state index in [4.69, 9.17) is 10.5 Å². The van der Waals surface area contributed by atoms with Crippen LogP contribution in [0.5, 0.6) is 0 Å². The molecule has 2 heterocycles. The molecule has 18 heavy (non-hydrogen) atoms. The SMILES string of the molecule is CCOC(=O)c1sc(-c2cc(C)c(Br)s2)cc1N. The van der Waals surface area contributed by atoms with Gasteiger partial charge in [0.2, 0.25) is 0 Å². The van der Waals surface area contributed by atoms with E-state index >= 15 is 0 Å². The van der Waals surface area contributed by atoms with Crippen molar-refractivity contribution in [2.75, 3.05) is 12.3 Å². The van der Waals surface area contributed by atoms with Crippen molar-refractivity contribution in [3.63, 3.8) is 0 Å². The summed E-state index contributed by atoms with van der Waals surface area (Å²) in [5.74, 6) is -0.349. The van der Waals surface area contributed by atoms with Crippen LogP contribution < -0.4 is 5.73 Å². The Morgan fingerprint density at radius 1 is 1.39 bits per heavy atom. The van der Waals surface area contributed by atoms with Gasteiger partial charge in [0.05, 0.1) is 16.1 Å². The van der Waals surface area contributed by atoms with E-state index in [0.717, 1.165) is 13.5 Å². The number of carbonyl (C=O) groups excluding carboxylic acids is 1. The first-order valence-electron chi connectivity index (χ1n) is 5.35. The summed E-state index contributed by atoms with van der Waals surface area (Å²) >= 11 is 6.50. The minimum absolute atomic E-state index is 0.349. The van der Waals surface area contributed by atoms with E-state index in [1.54, 1.807) is 18.3 Å². The topological polar surface area (TPSA) is 52.3 Å². The van der Waals surface area contributed by atoms with E-state index in [1.807, 2.05) is 13.0 Å². The summed E-state index contributed by atoms with van der Waals surface area (Å²) in [6, 6.07) is 3.91. The molecule has 2 rings (SSSR count). The molecule has 0 atom stereocenters. The standard InChI is InChI=1S/C12H12BrNO2S2/c1-3-16-12(15)10-7(14)5-9(17-10)8-4-6(2)11(13)18-8/h4-5H,3,14H2,1-2H3. The summed E-state index contributed by atoms with van der Waals surface area (Å²) in [6.45, 7) is 4.17. The van der Waals surface area contributed by atoms with E-state index in [-0.39, 0.29) is 5.97 Å². The lowest BCUT2D eigenvalue weighted by molar-refractivity contribution is 0.0533. The number of aryl methyl sites for hydroxylation is 1. The van der Waals surface area contributed by atoms with E-state index in [0.29, 0.717) is 17.2 Å². The lowest BCUT2D eigenvalue weighted by atomic mass is 10.3. The third kappa shape index (κ3) is 2.60. The van der Waals surface area contributed by atoms with Crippen LogP contribution in [0.15, 0.2) is 15.9 Å². The van der Waals surface area contributed by atoms with Gasteiger partial charge >= 0.3 is 5.97 Å². The monoisotopic (exact) mass is 345 g/mol. The number of nitrogen functional groups attached to an aromatic ring is 1. The second-order valence-corrected chi connectivity index (χ2v) is 7.11. The van der Waals surface area contributed by atoms with Gasteiger partial charge < -0.3 is 10.5 Å². The van der Waals surface area contributed by atoms with Crippen LogP contribution in [-0.2, 0) is 4.74 Å². The molecule has 0 aliphatic rings. The molecule has 0 bridgehead atoms. The number of rotatable bonds is 3. The first-order chi connectivity index (χ1) is 8.52. The minimum Gasteiger partial charge on any atom is -0.462 e. The smallest absolute Gasteiger partial charge is 0.350 e. The Hall–Kier alpha value is -0.850. The Morgan fingerprint density at radius 2 is 2.06 bits per heavy atom. The zero-order valence-corrected chi connectivity index (χ0v) is 13.2. The van der Waals surface area contributed by atoms with E-state index < -0.39 is 0 Å². The molecule has 0 amide bonds. The highest BCUT2D eigenvalue weighted by atomic mass is 79.9. The van der Waals surface area contributed by atoms with Gasteiger partial charge in [0.1, 0.15) is 4.88 Å². The highest BCUT2D eigenvalue weighted by Crippen LogP contribution is 2.40. The minimum atomic E-state index is -0.349. The Kier molecular flexibility index (Phi) is 4.09. The molecule has 0 fully saturated rings. The Labute approximate surface area is 122 Å². The maximum absolute atomic E-state index is 11.7. The number of thiophene rings is 2. The molecule has 96 valence electrons. The highest BCUT2D eigenvalue weighted by molar-refractivity contribution is 9.11. The average molecular weight is 346 g/mol. The van der Waals surface area contributed by atoms with Crippen molar-refractivity contribution in [3.05, 3.63) is 26.4 Å². The molecular weight excluding hydrogens is 334 g/mol. The van der Waals surface area contributed by atoms with Crippen LogP contribution in [0, 0.1) is 6.92 Å². The number of ether oxygens (including phenoxy) is 1. The zero-order chi connectivity index (χ0) is 13.3. The van der Waals surface area contributed by atoms with E-state index in [2.05, 4.69) is 22.0 Å². The number of nitrogens with two attached hydrogens (primary N) is 1. The molecule has 0 aliphatic heterocycles. The van der Waals surface area contributed by atoms with Gasteiger partial charge in [0.15, 0.2) is 0 Å². The van der Waals surface area contributed by atoms with Crippen LogP contribution in [-0.4, -0.2) is 12.6 Å². The van der Waals surface area contributed by atoms with Gasteiger partial charge in [-0.05, 0) is 47.5 Å². The van der Waals surface area contributed by atoms with Crippen LogP contribution in [0.4, 0.5) is 5.69 Å². The Bertz CT molecular complexity index is 569.